The largest absolute Gasteiger partial charge is 0.296 e. The first-order chi connectivity index (χ1) is 14.1. The summed E-state index contributed by atoms with van der Waals surface area (Å²) in [6, 6.07) is 24.6. The molecular formula is C24H23N3OS. The van der Waals surface area contributed by atoms with Crippen molar-refractivity contribution in [1.29, 1.82) is 0 Å². The van der Waals surface area contributed by atoms with Crippen LogP contribution < -0.4 is 4.90 Å². The number of rotatable bonds is 6. The number of aromatic nitrogens is 1. The number of thiazole rings is 1. The number of anilines is 2. The molecule has 0 unspecified atom stereocenters. The number of carbonyl (C=O) groups excluding carboxylic acids is 1. The lowest BCUT2D eigenvalue weighted by Crippen LogP contribution is -2.23. The summed E-state index contributed by atoms with van der Waals surface area (Å²) in [5, 5.41) is 5.26. The van der Waals surface area contributed by atoms with Crippen LogP contribution in [0.1, 0.15) is 18.2 Å². The first-order valence-electron chi connectivity index (χ1n) is 9.56. The van der Waals surface area contributed by atoms with Crippen molar-refractivity contribution in [2.75, 3.05) is 11.9 Å². The fourth-order valence-corrected chi connectivity index (χ4v) is 4.33. The Morgan fingerprint density at radius 3 is 2.41 bits per heavy atom. The molecule has 1 aromatic heterocycles. The second-order valence-electron chi connectivity index (χ2n) is 7.17. The summed E-state index contributed by atoms with van der Waals surface area (Å²) in [7, 11) is 2.09. The first kappa shape index (κ1) is 19.3. The van der Waals surface area contributed by atoms with Crippen LogP contribution in [0.15, 0.2) is 78.2 Å². The summed E-state index contributed by atoms with van der Waals surface area (Å²) in [6.45, 7) is 3.14. The molecule has 0 saturated carbocycles. The predicted molar refractivity (Wildman–Crippen MR) is 120 cm³/mol. The fraction of sp³-hybridized carbons (Fsp3) is 0.167. The molecule has 0 bridgehead atoms. The first-order valence-corrected chi connectivity index (χ1v) is 10.4. The van der Waals surface area contributed by atoms with Gasteiger partial charge in [0.05, 0.1) is 11.4 Å². The van der Waals surface area contributed by atoms with E-state index >= 15 is 0 Å². The minimum atomic E-state index is -0.0402. The molecule has 4 nitrogen and oxygen atoms in total. The third kappa shape index (κ3) is 4.53. The molecule has 0 aliphatic heterocycles. The monoisotopic (exact) mass is 401 g/mol. The molecule has 1 heterocycles. The molecule has 4 rings (SSSR count). The van der Waals surface area contributed by atoms with Crippen LogP contribution in [0.4, 0.5) is 10.8 Å². The Balaban J connectivity index is 1.47. The van der Waals surface area contributed by atoms with Crippen LogP contribution in [-0.2, 0) is 17.9 Å². The molecular weight excluding hydrogens is 378 g/mol. The van der Waals surface area contributed by atoms with Crippen LogP contribution in [0.5, 0.6) is 0 Å². The number of carbonyl (C=O) groups is 1. The van der Waals surface area contributed by atoms with Gasteiger partial charge in [0.25, 0.3) is 0 Å². The van der Waals surface area contributed by atoms with E-state index in [1.807, 2.05) is 35.7 Å². The van der Waals surface area contributed by atoms with E-state index in [9.17, 15) is 4.79 Å². The summed E-state index contributed by atoms with van der Waals surface area (Å²) < 4.78 is 0. The van der Waals surface area contributed by atoms with Crippen molar-refractivity contribution in [3.8, 4) is 0 Å². The van der Waals surface area contributed by atoms with Gasteiger partial charge in [-0.25, -0.2) is 4.98 Å². The van der Waals surface area contributed by atoms with Gasteiger partial charge < -0.3 is 0 Å². The van der Waals surface area contributed by atoms with Gasteiger partial charge in [-0.1, -0.05) is 54.6 Å². The van der Waals surface area contributed by atoms with E-state index in [1.165, 1.54) is 27.7 Å². The maximum atomic E-state index is 12.2. The summed E-state index contributed by atoms with van der Waals surface area (Å²) in [5.41, 5.74) is 3.08. The zero-order chi connectivity index (χ0) is 20.2. The molecule has 5 heteroatoms. The highest BCUT2D eigenvalue weighted by atomic mass is 32.1. The number of fused-ring (bicyclic) bond motifs is 1. The van der Waals surface area contributed by atoms with Gasteiger partial charge >= 0.3 is 0 Å². The standard InChI is InChI=1S/C24H23N3OS/c1-18(28)27(23-10-4-3-5-11-23)24-25-22(17-29-24)16-26(2)15-19-12-13-20-8-6-7-9-21(20)14-19/h3-14,17H,15-16H2,1-2H3. The van der Waals surface area contributed by atoms with Crippen molar-refractivity contribution in [2.45, 2.75) is 20.0 Å². The van der Waals surface area contributed by atoms with Gasteiger partial charge in [-0.15, -0.1) is 11.3 Å². The van der Waals surface area contributed by atoms with E-state index in [4.69, 9.17) is 4.98 Å². The normalized spacial score (nSPS) is 11.1. The van der Waals surface area contributed by atoms with Crippen LogP contribution in [0, 0.1) is 0 Å². The average Bonchev–Trinajstić information content (AvgIpc) is 3.16. The predicted octanol–water partition coefficient (Wildman–Crippen LogP) is 5.61. The van der Waals surface area contributed by atoms with Crippen molar-refractivity contribution in [3.63, 3.8) is 0 Å². The van der Waals surface area contributed by atoms with Gasteiger partial charge in [0, 0.05) is 25.4 Å². The Labute approximate surface area is 175 Å². The van der Waals surface area contributed by atoms with Crippen LogP contribution in [0.25, 0.3) is 10.8 Å². The topological polar surface area (TPSA) is 36.4 Å². The molecule has 0 aliphatic rings. The summed E-state index contributed by atoms with van der Waals surface area (Å²) in [4.78, 5) is 20.8. The Kier molecular flexibility index (Phi) is 5.69. The van der Waals surface area contributed by atoms with E-state index in [0.29, 0.717) is 5.13 Å². The molecule has 29 heavy (non-hydrogen) atoms. The van der Waals surface area contributed by atoms with Crippen molar-refractivity contribution in [1.82, 2.24) is 9.88 Å². The molecule has 0 fully saturated rings. The lowest BCUT2D eigenvalue weighted by atomic mass is 10.1. The smallest absolute Gasteiger partial charge is 0.230 e. The van der Waals surface area contributed by atoms with Gasteiger partial charge in [-0.05, 0) is 41.6 Å². The molecule has 0 saturated heterocycles. The molecule has 0 spiro atoms. The van der Waals surface area contributed by atoms with E-state index < -0.39 is 0 Å². The van der Waals surface area contributed by atoms with Crippen molar-refractivity contribution >= 4 is 38.8 Å². The molecule has 4 aromatic rings. The Morgan fingerprint density at radius 2 is 1.66 bits per heavy atom. The molecule has 0 radical (unpaired) electrons. The third-order valence-electron chi connectivity index (χ3n) is 4.76. The third-order valence-corrected chi connectivity index (χ3v) is 5.63. The Bertz CT molecular complexity index is 1120. The SMILES string of the molecule is CC(=O)N(c1ccccc1)c1nc(CN(C)Cc2ccc3ccccc3c2)cs1. The molecule has 1 amide bonds. The lowest BCUT2D eigenvalue weighted by Gasteiger charge is -2.18. The molecule has 3 aromatic carbocycles. The maximum Gasteiger partial charge on any atom is 0.230 e. The summed E-state index contributed by atoms with van der Waals surface area (Å²) in [5.74, 6) is -0.0402. The van der Waals surface area contributed by atoms with E-state index in [0.717, 1.165) is 24.5 Å². The lowest BCUT2D eigenvalue weighted by molar-refractivity contribution is -0.115. The Hall–Kier alpha value is -3.02. The van der Waals surface area contributed by atoms with Crippen LogP contribution in [0.2, 0.25) is 0 Å². The quantitative estimate of drug-likeness (QED) is 0.421. The zero-order valence-electron chi connectivity index (χ0n) is 16.6. The zero-order valence-corrected chi connectivity index (χ0v) is 17.4. The van der Waals surface area contributed by atoms with Gasteiger partial charge in [0.2, 0.25) is 5.91 Å². The highest BCUT2D eigenvalue weighted by Gasteiger charge is 2.18. The van der Waals surface area contributed by atoms with Crippen molar-refractivity contribution < 1.29 is 4.79 Å². The highest BCUT2D eigenvalue weighted by molar-refractivity contribution is 7.14. The number of nitrogens with zero attached hydrogens (tertiary/aromatic N) is 3. The molecule has 0 N–H and O–H groups in total. The number of para-hydroxylation sites is 1. The second-order valence-corrected chi connectivity index (χ2v) is 8.00. The minimum absolute atomic E-state index is 0.0402. The van der Waals surface area contributed by atoms with Gasteiger partial charge in [-0.3, -0.25) is 14.6 Å². The maximum absolute atomic E-state index is 12.2. The fourth-order valence-electron chi connectivity index (χ4n) is 3.46. The van der Waals surface area contributed by atoms with Gasteiger partial charge in [-0.2, -0.15) is 0 Å². The summed E-state index contributed by atoms with van der Waals surface area (Å²) in [6.07, 6.45) is 0. The van der Waals surface area contributed by atoms with Crippen molar-refractivity contribution in [2.24, 2.45) is 0 Å². The molecule has 0 atom stereocenters. The van der Waals surface area contributed by atoms with Gasteiger partial charge in [0.1, 0.15) is 0 Å². The number of hydrogen-bond acceptors (Lipinski definition) is 4. The minimum Gasteiger partial charge on any atom is -0.296 e. The number of benzene rings is 3. The molecule has 0 aliphatic carbocycles. The summed E-state index contributed by atoms with van der Waals surface area (Å²) >= 11 is 1.50. The van der Waals surface area contributed by atoms with Crippen LogP contribution >= 0.6 is 11.3 Å². The number of hydrogen-bond donors (Lipinski definition) is 0. The second kappa shape index (κ2) is 8.55. The van der Waals surface area contributed by atoms with Crippen molar-refractivity contribution in [3.05, 3.63) is 89.4 Å². The van der Waals surface area contributed by atoms with Gasteiger partial charge in [0.15, 0.2) is 5.13 Å². The van der Waals surface area contributed by atoms with E-state index in [-0.39, 0.29) is 5.91 Å². The highest BCUT2D eigenvalue weighted by Crippen LogP contribution is 2.29. The molecule has 146 valence electrons. The average molecular weight is 402 g/mol. The van der Waals surface area contributed by atoms with Crippen LogP contribution in [0.3, 0.4) is 0 Å². The Morgan fingerprint density at radius 1 is 0.931 bits per heavy atom. The van der Waals surface area contributed by atoms with Crippen LogP contribution in [-0.4, -0.2) is 22.8 Å². The number of amides is 1. The van der Waals surface area contributed by atoms with E-state index in [2.05, 4.69) is 54.4 Å². The van der Waals surface area contributed by atoms with E-state index in [1.54, 1.807) is 11.8 Å².